The van der Waals surface area contributed by atoms with Gasteiger partial charge in [0.25, 0.3) is 11.8 Å². The first-order valence-electron chi connectivity index (χ1n) is 4.63. The van der Waals surface area contributed by atoms with Gasteiger partial charge in [0, 0.05) is 0 Å². The van der Waals surface area contributed by atoms with Crippen molar-refractivity contribution in [2.45, 2.75) is 26.4 Å². The Morgan fingerprint density at radius 1 is 1.53 bits per heavy atom. The summed E-state index contributed by atoms with van der Waals surface area (Å²) in [4.78, 5) is 4.95. The molecule has 15 heavy (non-hydrogen) atoms. The van der Waals surface area contributed by atoms with E-state index in [-0.39, 0.29) is 5.89 Å². The van der Waals surface area contributed by atoms with E-state index in [1.54, 1.807) is 6.20 Å². The van der Waals surface area contributed by atoms with Crippen LogP contribution >= 0.6 is 11.3 Å². The second-order valence-corrected chi connectivity index (χ2v) is 4.15. The van der Waals surface area contributed by atoms with E-state index < -0.39 is 6.17 Å². The van der Waals surface area contributed by atoms with Crippen molar-refractivity contribution < 1.29 is 8.81 Å². The van der Waals surface area contributed by atoms with Gasteiger partial charge >= 0.3 is 0 Å². The molecule has 4 nitrogen and oxygen atoms in total. The largest absolute Gasteiger partial charge is 0.417 e. The molecule has 0 amide bonds. The van der Waals surface area contributed by atoms with Crippen LogP contribution in [0, 0.1) is 0 Å². The highest BCUT2D eigenvalue weighted by atomic mass is 32.1. The van der Waals surface area contributed by atoms with Crippen molar-refractivity contribution in [3.05, 3.63) is 17.1 Å². The van der Waals surface area contributed by atoms with E-state index in [1.165, 1.54) is 18.3 Å². The molecule has 0 aliphatic carbocycles. The van der Waals surface area contributed by atoms with Crippen LogP contribution in [0.3, 0.4) is 0 Å². The SMILES string of the molecule is CCc1ncc(-c2nnc(C(C)F)o2)s1. The second-order valence-electron chi connectivity index (χ2n) is 3.03. The zero-order chi connectivity index (χ0) is 10.8. The molecule has 2 rings (SSSR count). The molecule has 0 aromatic carbocycles. The number of halogens is 1. The maximum absolute atomic E-state index is 12.8. The molecule has 0 fully saturated rings. The van der Waals surface area contributed by atoms with Crippen molar-refractivity contribution >= 4 is 11.3 Å². The Kier molecular flexibility index (Phi) is 2.77. The number of aryl methyl sites for hydroxylation is 1. The van der Waals surface area contributed by atoms with E-state index in [1.807, 2.05) is 6.92 Å². The first-order valence-corrected chi connectivity index (χ1v) is 5.45. The van der Waals surface area contributed by atoms with E-state index >= 15 is 0 Å². The maximum Gasteiger partial charge on any atom is 0.259 e. The van der Waals surface area contributed by atoms with Crippen LogP contribution in [-0.2, 0) is 6.42 Å². The predicted molar refractivity (Wildman–Crippen MR) is 54.3 cm³/mol. The Bertz CT molecular complexity index is 452. The molecule has 1 unspecified atom stereocenters. The minimum atomic E-state index is -1.23. The van der Waals surface area contributed by atoms with Crippen LogP contribution in [0.4, 0.5) is 4.39 Å². The van der Waals surface area contributed by atoms with Gasteiger partial charge in [0.15, 0.2) is 6.17 Å². The van der Waals surface area contributed by atoms with Crippen molar-refractivity contribution in [2.75, 3.05) is 0 Å². The third-order valence-electron chi connectivity index (χ3n) is 1.85. The molecule has 80 valence electrons. The van der Waals surface area contributed by atoms with Gasteiger partial charge in [-0.15, -0.1) is 21.5 Å². The first kappa shape index (κ1) is 10.2. The smallest absolute Gasteiger partial charge is 0.259 e. The number of thiazole rings is 1. The summed E-state index contributed by atoms with van der Waals surface area (Å²) in [6, 6.07) is 0. The Morgan fingerprint density at radius 3 is 2.87 bits per heavy atom. The molecule has 0 N–H and O–H groups in total. The van der Waals surface area contributed by atoms with Crippen molar-refractivity contribution in [3.8, 4) is 10.8 Å². The van der Waals surface area contributed by atoms with Crippen LogP contribution in [0.25, 0.3) is 10.8 Å². The highest BCUT2D eigenvalue weighted by molar-refractivity contribution is 7.15. The van der Waals surface area contributed by atoms with Crippen LogP contribution in [0.15, 0.2) is 10.6 Å². The Labute approximate surface area is 90.2 Å². The van der Waals surface area contributed by atoms with Crippen molar-refractivity contribution in [1.82, 2.24) is 15.2 Å². The zero-order valence-corrected chi connectivity index (χ0v) is 9.21. The van der Waals surface area contributed by atoms with Crippen LogP contribution in [-0.4, -0.2) is 15.2 Å². The van der Waals surface area contributed by atoms with Crippen molar-refractivity contribution in [3.63, 3.8) is 0 Å². The summed E-state index contributed by atoms with van der Waals surface area (Å²) in [6.07, 6.45) is 1.30. The maximum atomic E-state index is 12.8. The first-order chi connectivity index (χ1) is 7.20. The molecule has 0 aliphatic heterocycles. The summed E-state index contributed by atoms with van der Waals surface area (Å²) in [5.41, 5.74) is 0. The lowest BCUT2D eigenvalue weighted by Crippen LogP contribution is -1.83. The lowest BCUT2D eigenvalue weighted by molar-refractivity contribution is 0.301. The average molecular weight is 227 g/mol. The number of alkyl halides is 1. The van der Waals surface area contributed by atoms with E-state index in [0.29, 0.717) is 5.89 Å². The average Bonchev–Trinajstić information content (AvgIpc) is 2.86. The zero-order valence-electron chi connectivity index (χ0n) is 8.40. The Balaban J connectivity index is 2.28. The number of nitrogens with zero attached hydrogens (tertiary/aromatic N) is 3. The fourth-order valence-electron chi connectivity index (χ4n) is 1.07. The van der Waals surface area contributed by atoms with Crippen LogP contribution in [0.1, 0.15) is 30.9 Å². The van der Waals surface area contributed by atoms with Crippen molar-refractivity contribution in [1.29, 1.82) is 0 Å². The molecular weight excluding hydrogens is 217 g/mol. The van der Waals surface area contributed by atoms with E-state index in [9.17, 15) is 4.39 Å². The van der Waals surface area contributed by atoms with Gasteiger partial charge in [-0.1, -0.05) is 6.92 Å². The Morgan fingerprint density at radius 2 is 2.33 bits per heavy atom. The van der Waals surface area contributed by atoms with Gasteiger partial charge in [-0.3, -0.25) is 0 Å². The molecule has 0 aliphatic rings. The summed E-state index contributed by atoms with van der Waals surface area (Å²) in [5, 5.41) is 8.38. The molecular formula is C9H10FN3OS. The summed E-state index contributed by atoms with van der Waals surface area (Å²) < 4.78 is 18.0. The normalized spacial score (nSPS) is 13.0. The number of hydrogen-bond donors (Lipinski definition) is 0. The molecule has 0 radical (unpaired) electrons. The minimum absolute atomic E-state index is 0.0106. The van der Waals surface area contributed by atoms with Gasteiger partial charge < -0.3 is 4.42 Å². The molecule has 0 bridgehead atoms. The number of aromatic nitrogens is 3. The van der Waals surface area contributed by atoms with E-state index in [0.717, 1.165) is 16.3 Å². The monoisotopic (exact) mass is 227 g/mol. The fraction of sp³-hybridized carbons (Fsp3) is 0.444. The molecule has 0 saturated heterocycles. The predicted octanol–water partition coefficient (Wildman–Crippen LogP) is 2.79. The molecule has 6 heteroatoms. The second kappa shape index (κ2) is 4.06. The number of hydrogen-bond acceptors (Lipinski definition) is 5. The third-order valence-corrected chi connectivity index (χ3v) is 2.98. The Hall–Kier alpha value is -1.30. The lowest BCUT2D eigenvalue weighted by atomic mass is 10.4. The topological polar surface area (TPSA) is 51.8 Å². The van der Waals surface area contributed by atoms with E-state index in [4.69, 9.17) is 4.42 Å². The molecule has 2 aromatic heterocycles. The highest BCUT2D eigenvalue weighted by Crippen LogP contribution is 2.26. The van der Waals surface area contributed by atoms with Gasteiger partial charge in [-0.25, -0.2) is 9.37 Å². The molecule has 2 heterocycles. The number of rotatable bonds is 3. The van der Waals surface area contributed by atoms with Gasteiger partial charge in [0.1, 0.15) is 4.88 Å². The summed E-state index contributed by atoms with van der Waals surface area (Å²) >= 11 is 1.48. The van der Waals surface area contributed by atoms with Gasteiger partial charge in [0.05, 0.1) is 11.2 Å². The van der Waals surface area contributed by atoms with E-state index in [2.05, 4.69) is 15.2 Å². The van der Waals surface area contributed by atoms with Crippen LogP contribution in [0.5, 0.6) is 0 Å². The highest BCUT2D eigenvalue weighted by Gasteiger charge is 2.15. The van der Waals surface area contributed by atoms with Gasteiger partial charge in [-0.2, -0.15) is 0 Å². The molecule has 1 atom stereocenters. The quantitative estimate of drug-likeness (QED) is 0.809. The minimum Gasteiger partial charge on any atom is -0.417 e. The summed E-state index contributed by atoms with van der Waals surface area (Å²) in [7, 11) is 0. The molecule has 0 spiro atoms. The van der Waals surface area contributed by atoms with Gasteiger partial charge in [0.2, 0.25) is 0 Å². The van der Waals surface area contributed by atoms with Crippen LogP contribution in [0.2, 0.25) is 0 Å². The standard InChI is InChI=1S/C9H10FN3OS/c1-3-7-11-4-6(15-7)9-13-12-8(14-9)5(2)10/h4-5H,3H2,1-2H3. The lowest BCUT2D eigenvalue weighted by Gasteiger charge is -1.90. The fourth-order valence-corrected chi connectivity index (χ4v) is 1.85. The third kappa shape index (κ3) is 2.04. The van der Waals surface area contributed by atoms with Crippen molar-refractivity contribution in [2.24, 2.45) is 0 Å². The molecule has 0 saturated carbocycles. The molecule has 2 aromatic rings. The van der Waals surface area contributed by atoms with Gasteiger partial charge in [-0.05, 0) is 13.3 Å². The summed E-state index contributed by atoms with van der Waals surface area (Å²) in [6.45, 7) is 3.38. The van der Waals surface area contributed by atoms with Crippen LogP contribution < -0.4 is 0 Å². The summed E-state index contributed by atoms with van der Waals surface area (Å²) in [5.74, 6) is 0.350.